The van der Waals surface area contributed by atoms with Crippen LogP contribution in [-0.4, -0.2) is 16.9 Å². The lowest BCUT2D eigenvalue weighted by Crippen LogP contribution is -2.26. The molecule has 0 aromatic heterocycles. The summed E-state index contributed by atoms with van der Waals surface area (Å²) in [5.41, 5.74) is 2.60. The average molecular weight is 246 g/mol. The van der Waals surface area contributed by atoms with Crippen molar-refractivity contribution in [3.05, 3.63) is 34.9 Å². The lowest BCUT2D eigenvalue weighted by molar-refractivity contribution is -0.142. The zero-order valence-electron chi connectivity index (χ0n) is 10.8. The molecule has 1 aliphatic carbocycles. The number of hydrogen-bond acceptors (Lipinski definition) is 2. The van der Waals surface area contributed by atoms with E-state index < -0.39 is 11.9 Å². The molecule has 3 heteroatoms. The van der Waals surface area contributed by atoms with Crippen LogP contribution in [0.3, 0.4) is 0 Å². The van der Waals surface area contributed by atoms with Crippen LogP contribution >= 0.6 is 0 Å². The topological polar surface area (TPSA) is 54.4 Å². The summed E-state index contributed by atoms with van der Waals surface area (Å²) in [6.07, 6.45) is 2.15. The molecule has 0 bridgehead atoms. The van der Waals surface area contributed by atoms with Crippen LogP contribution in [0.2, 0.25) is 0 Å². The van der Waals surface area contributed by atoms with Crippen molar-refractivity contribution in [2.75, 3.05) is 0 Å². The molecule has 2 rings (SSSR count). The third-order valence-corrected chi connectivity index (χ3v) is 3.90. The summed E-state index contributed by atoms with van der Waals surface area (Å²) in [4.78, 5) is 23.7. The van der Waals surface area contributed by atoms with Crippen LogP contribution in [0.4, 0.5) is 0 Å². The number of aryl methyl sites for hydroxylation is 2. The number of carbonyl (C=O) groups excluding carboxylic acids is 1. The highest BCUT2D eigenvalue weighted by Gasteiger charge is 2.38. The van der Waals surface area contributed by atoms with E-state index in [0.717, 1.165) is 23.1 Å². The van der Waals surface area contributed by atoms with Crippen molar-refractivity contribution in [3.63, 3.8) is 0 Å². The van der Waals surface area contributed by atoms with Gasteiger partial charge < -0.3 is 5.11 Å². The van der Waals surface area contributed by atoms with Crippen LogP contribution in [-0.2, 0) is 4.79 Å². The minimum absolute atomic E-state index is 0.00972. The highest BCUT2D eigenvalue weighted by Crippen LogP contribution is 2.35. The molecule has 0 spiro atoms. The molecule has 1 aromatic carbocycles. The maximum atomic E-state index is 12.5. The summed E-state index contributed by atoms with van der Waals surface area (Å²) in [7, 11) is 0. The second kappa shape index (κ2) is 4.92. The normalized spacial score (nSPS) is 23.0. The Morgan fingerprint density at radius 3 is 2.22 bits per heavy atom. The first-order chi connectivity index (χ1) is 8.52. The summed E-state index contributed by atoms with van der Waals surface area (Å²) in [6, 6.07) is 5.74. The summed E-state index contributed by atoms with van der Waals surface area (Å²) in [6.45, 7) is 3.82. The van der Waals surface area contributed by atoms with Gasteiger partial charge >= 0.3 is 5.97 Å². The number of hydrogen-bond donors (Lipinski definition) is 1. The maximum absolute atomic E-state index is 12.5. The van der Waals surface area contributed by atoms with Gasteiger partial charge in [0, 0.05) is 11.5 Å². The Labute approximate surface area is 107 Å². The quantitative estimate of drug-likeness (QED) is 0.834. The Morgan fingerprint density at radius 1 is 1.11 bits per heavy atom. The molecule has 0 aliphatic heterocycles. The van der Waals surface area contributed by atoms with Gasteiger partial charge in [0.1, 0.15) is 0 Å². The molecule has 3 nitrogen and oxygen atoms in total. The lowest BCUT2D eigenvalue weighted by Gasteiger charge is -2.17. The highest BCUT2D eigenvalue weighted by molar-refractivity contribution is 6.02. The Kier molecular flexibility index (Phi) is 3.50. The van der Waals surface area contributed by atoms with E-state index in [1.54, 1.807) is 0 Å². The van der Waals surface area contributed by atoms with Gasteiger partial charge in [0.2, 0.25) is 0 Å². The Morgan fingerprint density at radius 2 is 1.67 bits per heavy atom. The molecular formula is C15H18O3. The van der Waals surface area contributed by atoms with Crippen molar-refractivity contribution in [3.8, 4) is 0 Å². The van der Waals surface area contributed by atoms with E-state index in [4.69, 9.17) is 5.11 Å². The Balaban J connectivity index is 2.34. The molecule has 96 valence electrons. The minimum Gasteiger partial charge on any atom is -0.481 e. The Hall–Kier alpha value is -1.64. The fraction of sp³-hybridized carbons (Fsp3) is 0.467. The number of Topliss-reactive ketones (excluding diaryl/α,β-unsaturated/α-hetero) is 1. The van der Waals surface area contributed by atoms with Gasteiger partial charge in [-0.3, -0.25) is 9.59 Å². The second-order valence-corrected chi connectivity index (χ2v) is 5.11. The highest BCUT2D eigenvalue weighted by atomic mass is 16.4. The Bertz CT molecular complexity index is 470. The van der Waals surface area contributed by atoms with Gasteiger partial charge in [-0.05, 0) is 37.8 Å². The van der Waals surface area contributed by atoms with E-state index in [-0.39, 0.29) is 11.7 Å². The largest absolute Gasteiger partial charge is 0.481 e. The van der Waals surface area contributed by atoms with Crippen LogP contribution in [0.1, 0.15) is 40.7 Å². The number of benzene rings is 1. The SMILES string of the molecule is Cc1cccc(C)c1C(=O)[C@H]1CCC[C@H]1C(=O)O. The number of carbonyl (C=O) groups is 2. The van der Waals surface area contributed by atoms with Crippen molar-refractivity contribution in [1.82, 2.24) is 0 Å². The first kappa shape index (κ1) is 12.8. The first-order valence-electron chi connectivity index (χ1n) is 6.35. The molecule has 0 saturated heterocycles. The number of rotatable bonds is 3. The average Bonchev–Trinajstić information content (AvgIpc) is 2.77. The van der Waals surface area contributed by atoms with Gasteiger partial charge in [-0.15, -0.1) is 0 Å². The molecule has 1 saturated carbocycles. The molecule has 0 heterocycles. The monoisotopic (exact) mass is 246 g/mol. The van der Waals surface area contributed by atoms with Gasteiger partial charge in [-0.1, -0.05) is 24.6 Å². The van der Waals surface area contributed by atoms with E-state index in [1.165, 1.54) is 0 Å². The standard InChI is InChI=1S/C15H18O3/c1-9-5-3-6-10(2)13(9)14(16)11-7-4-8-12(11)15(17)18/h3,5-6,11-12H,4,7-8H2,1-2H3,(H,17,18)/t11-,12+/m0/s1. The fourth-order valence-corrected chi connectivity index (χ4v) is 2.96. The second-order valence-electron chi connectivity index (χ2n) is 5.11. The number of carboxylic acids is 1. The molecular weight excluding hydrogens is 228 g/mol. The van der Waals surface area contributed by atoms with Crippen LogP contribution < -0.4 is 0 Å². The smallest absolute Gasteiger partial charge is 0.307 e. The molecule has 0 radical (unpaired) electrons. The fourth-order valence-electron chi connectivity index (χ4n) is 2.96. The van der Waals surface area contributed by atoms with E-state index in [0.29, 0.717) is 12.8 Å². The first-order valence-corrected chi connectivity index (χ1v) is 6.35. The molecule has 1 aliphatic rings. The van der Waals surface area contributed by atoms with E-state index in [9.17, 15) is 9.59 Å². The third kappa shape index (κ3) is 2.17. The van der Waals surface area contributed by atoms with Crippen LogP contribution in [0, 0.1) is 25.7 Å². The van der Waals surface area contributed by atoms with Crippen molar-refractivity contribution in [2.45, 2.75) is 33.1 Å². The van der Waals surface area contributed by atoms with Crippen LogP contribution in [0.15, 0.2) is 18.2 Å². The summed E-state index contributed by atoms with van der Waals surface area (Å²) >= 11 is 0. The van der Waals surface area contributed by atoms with Crippen molar-refractivity contribution in [2.24, 2.45) is 11.8 Å². The maximum Gasteiger partial charge on any atom is 0.307 e. The summed E-state index contributed by atoms with van der Waals surface area (Å²) in [5.74, 6) is -1.67. The lowest BCUT2D eigenvalue weighted by atomic mass is 9.85. The molecule has 18 heavy (non-hydrogen) atoms. The van der Waals surface area contributed by atoms with Gasteiger partial charge in [-0.25, -0.2) is 0 Å². The van der Waals surface area contributed by atoms with Gasteiger partial charge in [0.15, 0.2) is 5.78 Å². The zero-order chi connectivity index (χ0) is 13.3. The summed E-state index contributed by atoms with van der Waals surface area (Å²) < 4.78 is 0. The van der Waals surface area contributed by atoms with Crippen LogP contribution in [0.25, 0.3) is 0 Å². The van der Waals surface area contributed by atoms with Gasteiger partial charge in [-0.2, -0.15) is 0 Å². The molecule has 0 unspecified atom stereocenters. The van der Waals surface area contributed by atoms with Crippen molar-refractivity contribution >= 4 is 11.8 Å². The number of aliphatic carboxylic acids is 1. The predicted octanol–water partition coefficient (Wildman–Crippen LogP) is 2.99. The van der Waals surface area contributed by atoms with E-state index >= 15 is 0 Å². The van der Waals surface area contributed by atoms with Gasteiger partial charge in [0.05, 0.1) is 5.92 Å². The summed E-state index contributed by atoms with van der Waals surface area (Å²) in [5, 5.41) is 9.17. The zero-order valence-corrected chi connectivity index (χ0v) is 10.8. The van der Waals surface area contributed by atoms with Gasteiger partial charge in [0.25, 0.3) is 0 Å². The predicted molar refractivity (Wildman–Crippen MR) is 68.7 cm³/mol. The van der Waals surface area contributed by atoms with Crippen LogP contribution in [0.5, 0.6) is 0 Å². The molecule has 1 N–H and O–H groups in total. The molecule has 1 aromatic rings. The molecule has 0 amide bonds. The number of carboxylic acid groups (broad SMARTS) is 1. The third-order valence-electron chi connectivity index (χ3n) is 3.90. The van der Waals surface area contributed by atoms with Crippen molar-refractivity contribution in [1.29, 1.82) is 0 Å². The number of ketones is 1. The molecule has 1 fully saturated rings. The van der Waals surface area contributed by atoms with E-state index in [2.05, 4.69) is 0 Å². The minimum atomic E-state index is -0.836. The van der Waals surface area contributed by atoms with E-state index in [1.807, 2.05) is 32.0 Å². The van der Waals surface area contributed by atoms with Crippen molar-refractivity contribution < 1.29 is 14.7 Å². The molecule has 2 atom stereocenters.